The molecule has 3 aromatic rings. The van der Waals surface area contributed by atoms with Crippen LogP contribution in [0.5, 0.6) is 11.5 Å². The number of carbonyl (C=O) groups is 2. The minimum atomic E-state index is -1.01. The fourth-order valence-corrected chi connectivity index (χ4v) is 4.34. The minimum Gasteiger partial charge on any atom is -0.493 e. The molecule has 178 valence electrons. The highest BCUT2D eigenvalue weighted by Gasteiger charge is 2.30. The number of nitrogens with zero attached hydrogens (tertiary/aromatic N) is 2. The van der Waals surface area contributed by atoms with Crippen molar-refractivity contribution in [2.45, 2.75) is 6.61 Å². The van der Waals surface area contributed by atoms with Gasteiger partial charge in [-0.1, -0.05) is 29.8 Å². The molecule has 1 N–H and O–H groups in total. The zero-order valence-corrected chi connectivity index (χ0v) is 20.5. The molecule has 7 nitrogen and oxygen atoms in total. The van der Waals surface area contributed by atoms with Crippen molar-refractivity contribution in [3.63, 3.8) is 0 Å². The summed E-state index contributed by atoms with van der Waals surface area (Å²) in [4.78, 5) is 30.2. The normalized spacial score (nSPS) is 15.6. The number of ether oxygens (including phenoxy) is 2. The minimum absolute atomic E-state index is 0.174. The highest BCUT2D eigenvalue weighted by molar-refractivity contribution is 8.18. The van der Waals surface area contributed by atoms with E-state index >= 15 is 0 Å². The first-order valence-electron chi connectivity index (χ1n) is 10.5. The summed E-state index contributed by atoms with van der Waals surface area (Å²) in [6, 6.07) is 19.0. The summed E-state index contributed by atoms with van der Waals surface area (Å²) < 4.78 is 11.4. The Bertz CT molecular complexity index is 1320. The maximum absolute atomic E-state index is 12.8. The van der Waals surface area contributed by atoms with Gasteiger partial charge in [-0.05, 0) is 77.5 Å². The van der Waals surface area contributed by atoms with Gasteiger partial charge in [0.05, 0.1) is 23.3 Å². The Balaban J connectivity index is 1.50. The summed E-state index contributed by atoms with van der Waals surface area (Å²) in [5, 5.41) is 10.2. The summed E-state index contributed by atoms with van der Waals surface area (Å²) in [5.74, 6) is -0.0598. The molecule has 0 atom stereocenters. The van der Waals surface area contributed by atoms with Crippen LogP contribution in [-0.4, -0.2) is 41.2 Å². The lowest BCUT2D eigenvalue weighted by molar-refractivity contribution is -0.121. The van der Waals surface area contributed by atoms with E-state index in [0.717, 1.165) is 11.1 Å². The van der Waals surface area contributed by atoms with Crippen LogP contribution in [0.4, 0.5) is 5.69 Å². The Morgan fingerprint density at radius 2 is 1.80 bits per heavy atom. The zero-order valence-electron chi connectivity index (χ0n) is 18.9. The second-order valence-electron chi connectivity index (χ2n) is 7.55. The number of aromatic carboxylic acids is 1. The zero-order chi connectivity index (χ0) is 24.9. The molecule has 0 unspecified atom stereocenters. The number of thioether (sulfide) groups is 1. The SMILES string of the molecule is COc1cc(C=C2SC(=Nc3ccc(C(=O)O)cc3)N(C)C2=O)ccc1OCc1ccc(Cl)cc1. The summed E-state index contributed by atoms with van der Waals surface area (Å²) in [5.41, 5.74) is 2.48. The topological polar surface area (TPSA) is 88.4 Å². The molecule has 0 radical (unpaired) electrons. The lowest BCUT2D eigenvalue weighted by Gasteiger charge is -2.11. The summed E-state index contributed by atoms with van der Waals surface area (Å²) in [6.45, 7) is 0.361. The molecule has 0 aromatic heterocycles. The molecule has 0 spiro atoms. The number of carboxylic acids is 1. The molecule has 1 heterocycles. The highest BCUT2D eigenvalue weighted by Crippen LogP contribution is 2.35. The molecular formula is C26H21ClN2O5S. The molecule has 1 amide bonds. The number of aliphatic imine (C=N–C) groups is 1. The molecule has 3 aromatic carbocycles. The van der Waals surface area contributed by atoms with E-state index in [4.69, 9.17) is 26.2 Å². The third-order valence-electron chi connectivity index (χ3n) is 5.14. The summed E-state index contributed by atoms with van der Waals surface area (Å²) >= 11 is 7.17. The quantitative estimate of drug-likeness (QED) is 0.402. The number of hydrogen-bond donors (Lipinski definition) is 1. The number of methoxy groups -OCH3 is 1. The van der Waals surface area contributed by atoms with Gasteiger partial charge in [-0.2, -0.15) is 0 Å². The number of carbonyl (C=O) groups excluding carboxylic acids is 1. The Morgan fingerprint density at radius 3 is 2.46 bits per heavy atom. The first-order chi connectivity index (χ1) is 16.8. The van der Waals surface area contributed by atoms with E-state index in [9.17, 15) is 9.59 Å². The van der Waals surface area contributed by atoms with Crippen LogP contribution < -0.4 is 9.47 Å². The van der Waals surface area contributed by atoms with Gasteiger partial charge in [0.15, 0.2) is 16.7 Å². The lowest BCUT2D eigenvalue weighted by Crippen LogP contribution is -2.23. The van der Waals surface area contributed by atoms with Gasteiger partial charge in [0, 0.05) is 12.1 Å². The molecule has 0 saturated carbocycles. The van der Waals surface area contributed by atoms with Crippen molar-refractivity contribution in [2.75, 3.05) is 14.2 Å². The van der Waals surface area contributed by atoms with Crippen molar-refractivity contribution in [1.82, 2.24) is 4.90 Å². The molecular weight excluding hydrogens is 488 g/mol. The average molecular weight is 509 g/mol. The van der Waals surface area contributed by atoms with Crippen molar-refractivity contribution in [2.24, 2.45) is 4.99 Å². The number of carboxylic acid groups (broad SMARTS) is 1. The predicted octanol–water partition coefficient (Wildman–Crippen LogP) is 5.86. The van der Waals surface area contributed by atoms with Crippen LogP contribution in [0.15, 0.2) is 76.6 Å². The van der Waals surface area contributed by atoms with Crippen molar-refractivity contribution in [1.29, 1.82) is 0 Å². The molecule has 1 fully saturated rings. The molecule has 1 aliphatic heterocycles. The summed E-state index contributed by atoms with van der Waals surface area (Å²) in [6.07, 6.45) is 1.77. The standard InChI is InChI=1S/C26H21ClN2O5S/c1-29-24(30)23(35-26(29)28-20-10-6-18(7-11-20)25(31)32)14-17-5-12-21(22(13-17)33-2)34-15-16-3-8-19(27)9-4-16/h3-14H,15H2,1-2H3,(H,31,32). The molecule has 0 bridgehead atoms. The van der Waals surface area contributed by atoms with Gasteiger partial charge in [-0.25, -0.2) is 9.79 Å². The largest absolute Gasteiger partial charge is 0.493 e. The van der Waals surface area contributed by atoms with Gasteiger partial charge in [-0.15, -0.1) is 0 Å². The molecule has 1 saturated heterocycles. The van der Waals surface area contributed by atoms with E-state index in [1.807, 2.05) is 30.3 Å². The third kappa shape index (κ3) is 5.85. The first-order valence-corrected chi connectivity index (χ1v) is 11.7. The van der Waals surface area contributed by atoms with Gasteiger partial charge in [0.2, 0.25) is 0 Å². The summed E-state index contributed by atoms with van der Waals surface area (Å²) in [7, 11) is 3.21. The monoisotopic (exact) mass is 508 g/mol. The van der Waals surface area contributed by atoms with Crippen molar-refractivity contribution in [3.8, 4) is 11.5 Å². The van der Waals surface area contributed by atoms with Crippen LogP contribution in [0, 0.1) is 0 Å². The fraction of sp³-hybridized carbons (Fsp3) is 0.115. The molecule has 4 rings (SSSR count). The number of hydrogen-bond acceptors (Lipinski definition) is 6. The Hall–Kier alpha value is -3.75. The predicted molar refractivity (Wildman–Crippen MR) is 138 cm³/mol. The van der Waals surface area contributed by atoms with Gasteiger partial charge in [0.1, 0.15) is 6.61 Å². The third-order valence-corrected chi connectivity index (χ3v) is 6.45. The van der Waals surface area contributed by atoms with Crippen molar-refractivity contribution < 1.29 is 24.2 Å². The van der Waals surface area contributed by atoms with Crippen LogP contribution in [0.3, 0.4) is 0 Å². The molecule has 9 heteroatoms. The maximum Gasteiger partial charge on any atom is 0.335 e. The van der Waals surface area contributed by atoms with Gasteiger partial charge in [0.25, 0.3) is 5.91 Å². The smallest absolute Gasteiger partial charge is 0.335 e. The number of amides is 1. The van der Waals surface area contributed by atoms with Crippen LogP contribution >= 0.6 is 23.4 Å². The Labute approximate surface area is 211 Å². The van der Waals surface area contributed by atoms with Crippen molar-refractivity contribution in [3.05, 3.63) is 93.3 Å². The average Bonchev–Trinajstić information content (AvgIpc) is 3.12. The molecule has 1 aliphatic rings. The van der Waals surface area contributed by atoms with Gasteiger partial charge < -0.3 is 14.6 Å². The second-order valence-corrected chi connectivity index (χ2v) is 8.99. The van der Waals surface area contributed by atoms with E-state index in [1.165, 1.54) is 28.8 Å². The van der Waals surface area contributed by atoms with E-state index in [1.54, 1.807) is 44.5 Å². The number of halogens is 1. The van der Waals surface area contributed by atoms with E-state index in [2.05, 4.69) is 4.99 Å². The van der Waals surface area contributed by atoms with Gasteiger partial charge >= 0.3 is 5.97 Å². The number of rotatable bonds is 7. The van der Waals surface area contributed by atoms with Gasteiger partial charge in [-0.3, -0.25) is 9.69 Å². The Morgan fingerprint density at radius 1 is 1.09 bits per heavy atom. The van der Waals surface area contributed by atoms with E-state index < -0.39 is 5.97 Å². The van der Waals surface area contributed by atoms with Crippen LogP contribution in [0.1, 0.15) is 21.5 Å². The Kier molecular flexibility index (Phi) is 7.43. The van der Waals surface area contributed by atoms with Crippen molar-refractivity contribution >= 4 is 52.2 Å². The lowest BCUT2D eigenvalue weighted by atomic mass is 10.2. The number of amidine groups is 1. The van der Waals surface area contributed by atoms with Crippen LogP contribution in [0.2, 0.25) is 5.02 Å². The second kappa shape index (κ2) is 10.7. The first kappa shape index (κ1) is 24.4. The molecule has 0 aliphatic carbocycles. The fourth-order valence-electron chi connectivity index (χ4n) is 3.23. The maximum atomic E-state index is 12.8. The highest BCUT2D eigenvalue weighted by atomic mass is 35.5. The number of likely N-dealkylation sites (N-methyl/N-ethyl adjacent to an activating group) is 1. The number of benzene rings is 3. The van der Waals surface area contributed by atoms with E-state index in [0.29, 0.717) is 38.9 Å². The van der Waals surface area contributed by atoms with Crippen LogP contribution in [0.25, 0.3) is 6.08 Å². The van der Waals surface area contributed by atoms with E-state index in [-0.39, 0.29) is 11.5 Å². The molecule has 35 heavy (non-hydrogen) atoms. The van der Waals surface area contributed by atoms with Crippen LogP contribution in [-0.2, 0) is 11.4 Å².